The maximum Gasteiger partial charge on any atom is 0.319 e. The third-order valence-corrected chi connectivity index (χ3v) is 11.8. The number of fused-ring (bicyclic) bond motifs is 3. The van der Waals surface area contributed by atoms with E-state index in [4.69, 9.17) is 30.4 Å². The molecule has 4 atom stereocenters. The molecule has 4 aromatic rings. The second kappa shape index (κ2) is 14.0. The van der Waals surface area contributed by atoms with E-state index in [1.54, 1.807) is 18.9 Å². The molecule has 4 heterocycles. The Labute approximate surface area is 311 Å². The van der Waals surface area contributed by atoms with Gasteiger partial charge in [0.25, 0.3) is 0 Å². The Balaban J connectivity index is 1.27. The summed E-state index contributed by atoms with van der Waals surface area (Å²) >= 11 is 0. The highest BCUT2D eigenvalue weighted by Gasteiger charge is 2.54. The van der Waals surface area contributed by atoms with E-state index in [-0.39, 0.29) is 108 Å². The van der Waals surface area contributed by atoms with Gasteiger partial charge in [0.1, 0.15) is 45.8 Å². The summed E-state index contributed by atoms with van der Waals surface area (Å²) in [5.41, 5.74) is -2.41. The molecule has 2 saturated heterocycles. The molecule has 4 unspecified atom stereocenters. The van der Waals surface area contributed by atoms with Crippen molar-refractivity contribution in [3.8, 4) is 41.2 Å². The molecule has 2 aromatic heterocycles. The molecule has 4 fully saturated rings. The van der Waals surface area contributed by atoms with E-state index in [0.717, 1.165) is 32.1 Å². The largest absolute Gasteiger partial charge is 0.508 e. The molecule has 14 heteroatoms. The third kappa shape index (κ3) is 6.34. The van der Waals surface area contributed by atoms with Gasteiger partial charge < -0.3 is 34.1 Å². The number of benzene rings is 2. The van der Waals surface area contributed by atoms with Gasteiger partial charge in [0, 0.05) is 48.6 Å². The molecule has 286 valence electrons. The number of hydrogen-bond donors (Lipinski definition) is 2. The Morgan fingerprint density at radius 3 is 2.70 bits per heavy atom. The van der Waals surface area contributed by atoms with Gasteiger partial charge in [-0.2, -0.15) is 9.97 Å². The quantitative estimate of drug-likeness (QED) is 0.221. The molecule has 0 spiro atoms. The Kier molecular flexibility index (Phi) is 9.49. The fourth-order valence-electron chi connectivity index (χ4n) is 9.24. The molecule has 4 aliphatic rings. The zero-order valence-corrected chi connectivity index (χ0v) is 30.6. The number of alkyl halides is 1. The second-order valence-corrected chi connectivity index (χ2v) is 15.5. The minimum atomic E-state index is -1.29. The highest BCUT2D eigenvalue weighted by atomic mass is 19.1. The fraction of sp³-hybridized carbons (Fsp3) is 0.525. The fourth-order valence-corrected chi connectivity index (χ4v) is 9.24. The number of pyridine rings is 1. The van der Waals surface area contributed by atoms with Crippen LogP contribution in [0.15, 0.2) is 24.3 Å². The number of nitrogens with zero attached hydrogens (tertiary/aromatic N) is 5. The number of β-amino-alcohol motifs (C(OH)–C–C–N with tert-alkyl or cyclic N) is 1. The van der Waals surface area contributed by atoms with Crippen molar-refractivity contribution < 1.29 is 42.3 Å². The Bertz CT molecular complexity index is 2140. The standard InChI is InChI=1S/C40H44F3N5O6/c1-5-27-29(42)9-8-22-13-25(49)16-28(31(22)27)34-33(43)35-32(37(44-34)52-4)36(47-11-12-53-20-39(2,50)19-47)46-38(45-35)54-21-40-10-6-7-30(40)48(18-23(41)17-40)24-14-26(15-24)51-3/h1,8-9,13,16,23-24,26,30,49-50H,6-7,10-12,14-15,17-21H2,2-4H3. The lowest BCUT2D eigenvalue weighted by atomic mass is 9.72. The first-order valence-corrected chi connectivity index (χ1v) is 18.4. The van der Waals surface area contributed by atoms with E-state index in [2.05, 4.69) is 20.8 Å². The van der Waals surface area contributed by atoms with Crippen LogP contribution in [0.3, 0.4) is 0 Å². The lowest BCUT2D eigenvalue weighted by Crippen LogP contribution is -2.62. The predicted octanol–water partition coefficient (Wildman–Crippen LogP) is 5.55. The number of rotatable bonds is 8. The van der Waals surface area contributed by atoms with Crippen LogP contribution in [0.2, 0.25) is 0 Å². The van der Waals surface area contributed by atoms with E-state index in [1.807, 2.05) is 0 Å². The Morgan fingerprint density at radius 2 is 1.94 bits per heavy atom. The van der Waals surface area contributed by atoms with Crippen molar-refractivity contribution in [2.24, 2.45) is 5.41 Å². The number of terminal acetylenes is 1. The molecule has 2 saturated carbocycles. The average Bonchev–Trinajstić information content (AvgIpc) is 3.46. The molecule has 0 amide bonds. The summed E-state index contributed by atoms with van der Waals surface area (Å²) in [6.07, 6.45) is 9.52. The highest BCUT2D eigenvalue weighted by Crippen LogP contribution is 2.51. The first-order valence-electron chi connectivity index (χ1n) is 18.4. The van der Waals surface area contributed by atoms with Crippen molar-refractivity contribution in [3.63, 3.8) is 0 Å². The van der Waals surface area contributed by atoms with Crippen LogP contribution >= 0.6 is 0 Å². The summed E-state index contributed by atoms with van der Waals surface area (Å²) in [6, 6.07) is 5.48. The van der Waals surface area contributed by atoms with E-state index in [1.165, 1.54) is 31.4 Å². The van der Waals surface area contributed by atoms with E-state index in [0.29, 0.717) is 18.4 Å². The normalized spacial score (nSPS) is 28.7. The van der Waals surface area contributed by atoms with Gasteiger partial charge in [-0.3, -0.25) is 4.90 Å². The van der Waals surface area contributed by atoms with Crippen LogP contribution in [0.5, 0.6) is 17.6 Å². The van der Waals surface area contributed by atoms with Gasteiger partial charge in [0.15, 0.2) is 5.82 Å². The van der Waals surface area contributed by atoms with Crippen LogP contribution in [0, 0.1) is 29.4 Å². The van der Waals surface area contributed by atoms with Crippen molar-refractivity contribution in [1.82, 2.24) is 19.9 Å². The van der Waals surface area contributed by atoms with Crippen LogP contribution in [-0.2, 0) is 9.47 Å². The number of anilines is 1. The number of hydrogen-bond acceptors (Lipinski definition) is 11. The molecule has 0 radical (unpaired) electrons. The second-order valence-electron chi connectivity index (χ2n) is 15.5. The zero-order valence-electron chi connectivity index (χ0n) is 30.6. The molecule has 11 nitrogen and oxygen atoms in total. The summed E-state index contributed by atoms with van der Waals surface area (Å²) in [4.78, 5) is 18.0. The summed E-state index contributed by atoms with van der Waals surface area (Å²) in [5, 5.41) is 22.5. The van der Waals surface area contributed by atoms with Crippen molar-refractivity contribution in [3.05, 3.63) is 41.5 Å². The Hall–Kier alpha value is -4.42. The highest BCUT2D eigenvalue weighted by molar-refractivity contribution is 6.04. The molecule has 2 aliphatic heterocycles. The minimum absolute atomic E-state index is 0.0274. The topological polar surface area (TPSA) is 123 Å². The molecular formula is C40H44F3N5O6. The van der Waals surface area contributed by atoms with E-state index in [9.17, 15) is 10.2 Å². The Morgan fingerprint density at radius 1 is 1.13 bits per heavy atom. The van der Waals surface area contributed by atoms with Gasteiger partial charge in [-0.25, -0.2) is 18.2 Å². The van der Waals surface area contributed by atoms with Crippen LogP contribution < -0.4 is 14.4 Å². The van der Waals surface area contributed by atoms with E-state index >= 15 is 13.2 Å². The average molecular weight is 748 g/mol. The number of phenolic OH excluding ortho intramolecular Hbond substituents is 1. The summed E-state index contributed by atoms with van der Waals surface area (Å²) in [7, 11) is 3.07. The first-order chi connectivity index (χ1) is 25.9. The molecule has 2 aromatic carbocycles. The summed E-state index contributed by atoms with van der Waals surface area (Å²) in [5.74, 6) is 0.660. The lowest BCUT2D eigenvalue weighted by molar-refractivity contribution is -0.103. The molecule has 2 aliphatic carbocycles. The monoisotopic (exact) mass is 747 g/mol. The number of piperidine rings is 1. The molecular weight excluding hydrogens is 703 g/mol. The van der Waals surface area contributed by atoms with Crippen molar-refractivity contribution in [1.29, 1.82) is 0 Å². The number of phenols is 1. The number of ether oxygens (including phenoxy) is 4. The number of likely N-dealkylation sites (tertiary alicyclic amines) is 1. The molecule has 0 bridgehead atoms. The van der Waals surface area contributed by atoms with E-state index < -0.39 is 28.8 Å². The maximum atomic E-state index is 17.3. The SMILES string of the molecule is C#Cc1c(F)ccc2cc(O)cc(-c3nc(OC)c4c(N5CCOCC(C)(O)C5)nc(OCC56CCCC5N(C5CC(OC)C5)CC(F)C6)nc4c3F)c12. The molecule has 2 N–H and O–H groups in total. The number of halogens is 3. The predicted molar refractivity (Wildman–Crippen MR) is 196 cm³/mol. The minimum Gasteiger partial charge on any atom is -0.508 e. The van der Waals surface area contributed by atoms with Gasteiger partial charge in [0.05, 0.1) is 45.1 Å². The smallest absolute Gasteiger partial charge is 0.319 e. The summed E-state index contributed by atoms with van der Waals surface area (Å²) < 4.78 is 71.4. The van der Waals surface area contributed by atoms with Crippen molar-refractivity contribution >= 4 is 27.5 Å². The summed E-state index contributed by atoms with van der Waals surface area (Å²) in [6.45, 7) is 2.78. The van der Waals surface area contributed by atoms with Gasteiger partial charge in [-0.05, 0) is 62.6 Å². The first kappa shape index (κ1) is 36.6. The molecule has 8 rings (SSSR count). The molecule has 54 heavy (non-hydrogen) atoms. The van der Waals surface area contributed by atoms with Gasteiger partial charge >= 0.3 is 6.01 Å². The number of aromatic hydroxyl groups is 1. The number of aliphatic hydroxyl groups is 1. The van der Waals surface area contributed by atoms with Crippen molar-refractivity contribution in [2.75, 3.05) is 58.6 Å². The van der Waals surface area contributed by atoms with Gasteiger partial charge in [0.2, 0.25) is 5.88 Å². The van der Waals surface area contributed by atoms with Crippen LogP contribution in [-0.4, -0.2) is 114 Å². The van der Waals surface area contributed by atoms with Crippen LogP contribution in [0.4, 0.5) is 19.0 Å². The van der Waals surface area contributed by atoms with Crippen molar-refractivity contribution in [2.45, 2.75) is 75.4 Å². The van der Waals surface area contributed by atoms with Crippen LogP contribution in [0.1, 0.15) is 51.0 Å². The maximum absolute atomic E-state index is 17.3. The van der Waals surface area contributed by atoms with Gasteiger partial charge in [-0.1, -0.05) is 18.4 Å². The third-order valence-electron chi connectivity index (χ3n) is 11.8. The zero-order chi connectivity index (χ0) is 37.9. The lowest BCUT2D eigenvalue weighted by Gasteiger charge is -2.53. The number of aromatic nitrogens is 3. The number of methoxy groups -OCH3 is 2. The van der Waals surface area contributed by atoms with Crippen LogP contribution in [0.25, 0.3) is 32.9 Å². The van der Waals surface area contributed by atoms with Gasteiger partial charge in [-0.15, -0.1) is 6.42 Å².